The van der Waals surface area contributed by atoms with Crippen molar-refractivity contribution in [3.8, 4) is 0 Å². The van der Waals surface area contributed by atoms with Gasteiger partial charge in [-0.15, -0.1) is 0 Å². The van der Waals surface area contributed by atoms with Crippen LogP contribution in [0.3, 0.4) is 0 Å². The molecule has 5 nitrogen and oxygen atoms in total. The first-order valence-electron chi connectivity index (χ1n) is 7.43. The Morgan fingerprint density at radius 3 is 2.53 bits per heavy atom. The van der Waals surface area contributed by atoms with Crippen LogP contribution in [0.5, 0.6) is 0 Å². The smallest absolute Gasteiger partial charge is 0.244 e. The highest BCUT2D eigenvalue weighted by molar-refractivity contribution is 5.85. The number of carbonyl (C=O) groups excluding carboxylic acids is 1. The monoisotopic (exact) mass is 268 g/mol. The number of carbonyl (C=O) groups is 1. The average molecular weight is 268 g/mol. The van der Waals surface area contributed by atoms with Crippen molar-refractivity contribution >= 4 is 11.9 Å². The zero-order valence-electron chi connectivity index (χ0n) is 12.5. The molecule has 0 atom stereocenters. The van der Waals surface area contributed by atoms with Gasteiger partial charge in [0.25, 0.3) is 0 Å². The van der Waals surface area contributed by atoms with Crippen molar-refractivity contribution in [2.75, 3.05) is 32.7 Å². The van der Waals surface area contributed by atoms with Gasteiger partial charge in [0.1, 0.15) is 6.54 Å². The molecule has 0 saturated carbocycles. The van der Waals surface area contributed by atoms with E-state index in [1.807, 2.05) is 11.8 Å². The highest BCUT2D eigenvalue weighted by Crippen LogP contribution is 2.07. The number of rotatable bonds is 6. The number of nitrogens with zero attached hydrogens (tertiary/aromatic N) is 2. The molecule has 0 radical (unpaired) electrons. The Morgan fingerprint density at radius 2 is 1.95 bits per heavy atom. The minimum absolute atomic E-state index is 0.138. The molecule has 5 heteroatoms. The molecule has 1 heterocycles. The zero-order valence-corrected chi connectivity index (χ0v) is 12.5. The summed E-state index contributed by atoms with van der Waals surface area (Å²) in [5.74, 6) is 1.55. The summed E-state index contributed by atoms with van der Waals surface area (Å²) >= 11 is 0. The first kappa shape index (κ1) is 15.8. The van der Waals surface area contributed by atoms with Crippen molar-refractivity contribution in [1.82, 2.24) is 15.5 Å². The third-order valence-corrected chi connectivity index (χ3v) is 3.19. The molecule has 0 aromatic carbocycles. The third kappa shape index (κ3) is 6.45. The third-order valence-electron chi connectivity index (χ3n) is 3.19. The van der Waals surface area contributed by atoms with Crippen molar-refractivity contribution < 1.29 is 4.79 Å². The van der Waals surface area contributed by atoms with Gasteiger partial charge in [-0.2, -0.15) is 0 Å². The number of aliphatic imine (C=N–C) groups is 1. The SMILES string of the molecule is CCNC(=NCC(=O)N1CCCC1)NCCC(C)C. The topological polar surface area (TPSA) is 56.7 Å². The molecule has 1 aliphatic heterocycles. The fourth-order valence-corrected chi connectivity index (χ4v) is 2.03. The largest absolute Gasteiger partial charge is 0.357 e. The van der Waals surface area contributed by atoms with Gasteiger partial charge in [0.15, 0.2) is 5.96 Å². The molecular weight excluding hydrogens is 240 g/mol. The van der Waals surface area contributed by atoms with Crippen molar-refractivity contribution in [1.29, 1.82) is 0 Å². The summed E-state index contributed by atoms with van der Waals surface area (Å²) in [7, 11) is 0. The lowest BCUT2D eigenvalue weighted by atomic mass is 10.1. The maximum Gasteiger partial charge on any atom is 0.244 e. The molecule has 0 unspecified atom stereocenters. The Hall–Kier alpha value is -1.26. The summed E-state index contributed by atoms with van der Waals surface area (Å²) in [4.78, 5) is 18.2. The van der Waals surface area contributed by atoms with E-state index in [-0.39, 0.29) is 12.5 Å². The van der Waals surface area contributed by atoms with Crippen molar-refractivity contribution in [2.24, 2.45) is 10.9 Å². The van der Waals surface area contributed by atoms with E-state index in [1.54, 1.807) is 0 Å². The zero-order chi connectivity index (χ0) is 14.1. The lowest BCUT2D eigenvalue weighted by Crippen LogP contribution is -2.39. The standard InChI is InChI=1S/C14H28N4O/c1-4-15-14(16-8-7-12(2)3)17-11-13(19)18-9-5-6-10-18/h12H,4-11H2,1-3H3,(H2,15,16,17). The highest BCUT2D eigenvalue weighted by Gasteiger charge is 2.17. The van der Waals surface area contributed by atoms with Gasteiger partial charge in [0, 0.05) is 26.2 Å². The Bertz CT molecular complexity index is 296. The van der Waals surface area contributed by atoms with Crippen molar-refractivity contribution in [3.63, 3.8) is 0 Å². The molecule has 0 aliphatic carbocycles. The molecule has 0 aromatic rings. The first-order valence-corrected chi connectivity index (χ1v) is 7.43. The fraction of sp³-hybridized carbons (Fsp3) is 0.857. The Balaban J connectivity index is 2.36. The van der Waals surface area contributed by atoms with Gasteiger partial charge < -0.3 is 15.5 Å². The second-order valence-corrected chi connectivity index (χ2v) is 5.39. The van der Waals surface area contributed by atoms with E-state index in [2.05, 4.69) is 29.5 Å². The summed E-state index contributed by atoms with van der Waals surface area (Å²) in [6.45, 7) is 10.2. The summed E-state index contributed by atoms with van der Waals surface area (Å²) in [6, 6.07) is 0. The minimum atomic E-state index is 0.138. The van der Waals surface area contributed by atoms with Crippen LogP contribution in [0.15, 0.2) is 4.99 Å². The molecule has 110 valence electrons. The van der Waals surface area contributed by atoms with Crippen LogP contribution in [0.25, 0.3) is 0 Å². The van der Waals surface area contributed by atoms with E-state index < -0.39 is 0 Å². The second kappa shape index (κ2) is 8.77. The molecule has 19 heavy (non-hydrogen) atoms. The van der Waals surface area contributed by atoms with E-state index >= 15 is 0 Å². The molecule has 1 aliphatic rings. The van der Waals surface area contributed by atoms with Crippen LogP contribution in [0.1, 0.15) is 40.0 Å². The number of likely N-dealkylation sites (tertiary alicyclic amines) is 1. The van der Waals surface area contributed by atoms with E-state index in [9.17, 15) is 4.79 Å². The Kier molecular flexibility index (Phi) is 7.30. The molecule has 1 fully saturated rings. The molecule has 1 rings (SSSR count). The van der Waals surface area contributed by atoms with Gasteiger partial charge in [-0.05, 0) is 32.1 Å². The number of hydrogen-bond acceptors (Lipinski definition) is 2. The van der Waals surface area contributed by atoms with E-state index in [4.69, 9.17) is 0 Å². The van der Waals surface area contributed by atoms with Gasteiger partial charge in [0.2, 0.25) is 5.91 Å². The fourth-order valence-electron chi connectivity index (χ4n) is 2.03. The average Bonchev–Trinajstić information content (AvgIpc) is 2.89. The van der Waals surface area contributed by atoms with Gasteiger partial charge >= 0.3 is 0 Å². The summed E-state index contributed by atoms with van der Waals surface area (Å²) in [5.41, 5.74) is 0. The van der Waals surface area contributed by atoms with Crippen LogP contribution in [0.4, 0.5) is 0 Å². The number of hydrogen-bond donors (Lipinski definition) is 2. The van der Waals surface area contributed by atoms with Crippen LogP contribution in [0.2, 0.25) is 0 Å². The van der Waals surface area contributed by atoms with Gasteiger partial charge in [0.05, 0.1) is 0 Å². The molecule has 0 spiro atoms. The number of nitrogens with one attached hydrogen (secondary N) is 2. The maximum absolute atomic E-state index is 11.9. The van der Waals surface area contributed by atoms with Crippen molar-refractivity contribution in [2.45, 2.75) is 40.0 Å². The highest BCUT2D eigenvalue weighted by atomic mass is 16.2. The molecule has 0 aromatic heterocycles. The first-order chi connectivity index (χ1) is 9.13. The van der Waals surface area contributed by atoms with Crippen LogP contribution < -0.4 is 10.6 Å². The predicted octanol–water partition coefficient (Wildman–Crippen LogP) is 1.21. The summed E-state index contributed by atoms with van der Waals surface area (Å²) in [5, 5.41) is 6.44. The Labute approximate surface area is 116 Å². The number of guanidine groups is 1. The van der Waals surface area contributed by atoms with Gasteiger partial charge in [-0.3, -0.25) is 4.79 Å². The molecular formula is C14H28N4O. The molecule has 0 bridgehead atoms. The van der Waals surface area contributed by atoms with E-state index in [0.29, 0.717) is 5.92 Å². The van der Waals surface area contributed by atoms with Crippen LogP contribution in [-0.4, -0.2) is 49.5 Å². The second-order valence-electron chi connectivity index (χ2n) is 5.39. The molecule has 1 saturated heterocycles. The maximum atomic E-state index is 11.9. The lowest BCUT2D eigenvalue weighted by Gasteiger charge is -2.15. The van der Waals surface area contributed by atoms with E-state index in [0.717, 1.165) is 51.4 Å². The van der Waals surface area contributed by atoms with Crippen LogP contribution in [0, 0.1) is 5.92 Å². The number of amides is 1. The molecule has 1 amide bonds. The normalized spacial score (nSPS) is 16.0. The minimum Gasteiger partial charge on any atom is -0.357 e. The quantitative estimate of drug-likeness (QED) is 0.562. The predicted molar refractivity (Wildman–Crippen MR) is 79.3 cm³/mol. The van der Waals surface area contributed by atoms with E-state index in [1.165, 1.54) is 0 Å². The van der Waals surface area contributed by atoms with Crippen LogP contribution >= 0.6 is 0 Å². The lowest BCUT2D eigenvalue weighted by molar-refractivity contribution is -0.128. The van der Waals surface area contributed by atoms with Crippen LogP contribution in [-0.2, 0) is 4.79 Å². The summed E-state index contributed by atoms with van der Waals surface area (Å²) in [6.07, 6.45) is 3.36. The van der Waals surface area contributed by atoms with Crippen molar-refractivity contribution in [3.05, 3.63) is 0 Å². The van der Waals surface area contributed by atoms with Gasteiger partial charge in [-0.1, -0.05) is 13.8 Å². The molecule has 2 N–H and O–H groups in total. The van der Waals surface area contributed by atoms with Gasteiger partial charge in [-0.25, -0.2) is 4.99 Å². The Morgan fingerprint density at radius 1 is 1.26 bits per heavy atom. The summed E-state index contributed by atoms with van der Waals surface area (Å²) < 4.78 is 0.